The average molecular weight is 297 g/mol. The maximum Gasteiger partial charge on any atom is 0.198 e. The van der Waals surface area contributed by atoms with Crippen molar-refractivity contribution in [1.82, 2.24) is 4.90 Å². The highest BCUT2D eigenvalue weighted by atomic mass is 32.2. The molecule has 0 N–H and O–H groups in total. The molecule has 2 aliphatic rings. The van der Waals surface area contributed by atoms with Gasteiger partial charge in [0.25, 0.3) is 0 Å². The van der Waals surface area contributed by atoms with Crippen LogP contribution in [0.25, 0.3) is 0 Å². The van der Waals surface area contributed by atoms with Gasteiger partial charge in [0.2, 0.25) is 0 Å². The number of ketones is 2. The van der Waals surface area contributed by atoms with Gasteiger partial charge in [-0.25, -0.2) is 0 Å². The van der Waals surface area contributed by atoms with E-state index in [1.165, 1.54) is 0 Å². The maximum atomic E-state index is 12.4. The molecule has 1 heterocycles. The Morgan fingerprint density at radius 1 is 1.00 bits per heavy atom. The predicted molar refractivity (Wildman–Crippen MR) is 85.5 cm³/mol. The fraction of sp³-hybridized carbons (Fsp3) is 0.176. The van der Waals surface area contributed by atoms with Gasteiger partial charge in [-0.1, -0.05) is 24.3 Å². The number of Topliss-reactive ketones (excluding diaryl/α,β-unsaturated/α-hetero) is 2. The van der Waals surface area contributed by atoms with Crippen LogP contribution in [-0.2, 0) is 0 Å². The molecule has 0 spiro atoms. The van der Waals surface area contributed by atoms with E-state index in [1.807, 2.05) is 24.6 Å². The maximum absolute atomic E-state index is 12.4. The fourth-order valence-electron chi connectivity index (χ4n) is 2.48. The van der Waals surface area contributed by atoms with E-state index in [4.69, 9.17) is 0 Å². The minimum absolute atomic E-state index is 0.169. The van der Waals surface area contributed by atoms with Gasteiger partial charge in [0, 0.05) is 35.8 Å². The van der Waals surface area contributed by atoms with Crippen molar-refractivity contribution in [2.24, 2.45) is 0 Å². The van der Waals surface area contributed by atoms with E-state index in [-0.39, 0.29) is 17.1 Å². The largest absolute Gasteiger partial charge is 0.353 e. The normalized spacial score (nSPS) is 16.9. The summed E-state index contributed by atoms with van der Waals surface area (Å²) in [6.45, 7) is 0.916. The number of hydrogen-bond acceptors (Lipinski definition) is 4. The first kappa shape index (κ1) is 13.9. The summed E-state index contributed by atoms with van der Waals surface area (Å²) in [5.74, 6) is 0.694. The van der Waals surface area contributed by atoms with Crippen molar-refractivity contribution < 1.29 is 9.59 Å². The third kappa shape index (κ3) is 2.47. The lowest BCUT2D eigenvalue weighted by Gasteiger charge is -2.18. The van der Waals surface area contributed by atoms with Gasteiger partial charge in [-0.3, -0.25) is 9.59 Å². The molecule has 0 saturated heterocycles. The smallest absolute Gasteiger partial charge is 0.198 e. The first-order valence-corrected chi connectivity index (χ1v) is 8.15. The SMILES string of the molecule is CSCCN1C=CC(=C2C(=O)c3ccccc3C2=O)C=C1. The van der Waals surface area contributed by atoms with Crippen molar-refractivity contribution in [3.63, 3.8) is 0 Å². The predicted octanol–water partition coefficient (Wildman–Crippen LogP) is 3.07. The van der Waals surface area contributed by atoms with E-state index in [0.29, 0.717) is 16.7 Å². The summed E-state index contributed by atoms with van der Waals surface area (Å²) >= 11 is 1.78. The summed E-state index contributed by atoms with van der Waals surface area (Å²) in [4.78, 5) is 26.8. The average Bonchev–Trinajstić information content (AvgIpc) is 2.78. The molecule has 0 saturated carbocycles. The van der Waals surface area contributed by atoms with Crippen LogP contribution in [0.4, 0.5) is 0 Å². The minimum Gasteiger partial charge on any atom is -0.353 e. The van der Waals surface area contributed by atoms with Crippen LogP contribution in [0.3, 0.4) is 0 Å². The van der Waals surface area contributed by atoms with Crippen LogP contribution < -0.4 is 0 Å². The summed E-state index contributed by atoms with van der Waals surface area (Å²) in [5.41, 5.74) is 2.00. The second kappa shape index (κ2) is 5.74. The first-order chi connectivity index (χ1) is 10.2. The number of rotatable bonds is 3. The summed E-state index contributed by atoms with van der Waals surface area (Å²) in [6, 6.07) is 7.00. The Morgan fingerprint density at radius 2 is 1.57 bits per heavy atom. The summed E-state index contributed by atoms with van der Waals surface area (Å²) < 4.78 is 0. The zero-order valence-electron chi connectivity index (χ0n) is 11.7. The van der Waals surface area contributed by atoms with Crippen LogP contribution in [-0.4, -0.2) is 35.0 Å². The van der Waals surface area contributed by atoms with Crippen molar-refractivity contribution in [3.05, 3.63) is 71.1 Å². The Hall–Kier alpha value is -2.07. The zero-order chi connectivity index (χ0) is 14.8. The Labute approximate surface area is 128 Å². The molecule has 1 aliphatic carbocycles. The third-order valence-corrected chi connectivity index (χ3v) is 4.19. The molecule has 1 aromatic rings. The van der Waals surface area contributed by atoms with Gasteiger partial charge in [0.05, 0.1) is 5.57 Å². The van der Waals surface area contributed by atoms with Crippen LogP contribution in [0.5, 0.6) is 0 Å². The quantitative estimate of drug-likeness (QED) is 0.635. The van der Waals surface area contributed by atoms with Gasteiger partial charge in [-0.15, -0.1) is 0 Å². The molecule has 3 rings (SSSR count). The topological polar surface area (TPSA) is 37.4 Å². The number of nitrogens with zero attached hydrogens (tertiary/aromatic N) is 1. The monoisotopic (exact) mass is 297 g/mol. The van der Waals surface area contributed by atoms with E-state index in [1.54, 1.807) is 36.0 Å². The van der Waals surface area contributed by atoms with Crippen LogP contribution in [0.1, 0.15) is 20.7 Å². The van der Waals surface area contributed by atoms with E-state index < -0.39 is 0 Å². The zero-order valence-corrected chi connectivity index (χ0v) is 12.5. The Kier molecular flexibility index (Phi) is 3.80. The number of benzene rings is 1. The first-order valence-electron chi connectivity index (χ1n) is 6.76. The van der Waals surface area contributed by atoms with Crippen molar-refractivity contribution in [1.29, 1.82) is 0 Å². The minimum atomic E-state index is -0.169. The molecular formula is C17H15NO2S. The molecule has 3 nitrogen and oxygen atoms in total. The Morgan fingerprint density at radius 3 is 2.10 bits per heavy atom. The molecule has 21 heavy (non-hydrogen) atoms. The number of fused-ring (bicyclic) bond motifs is 1. The molecule has 4 heteroatoms. The molecule has 0 bridgehead atoms. The van der Waals surface area contributed by atoms with Crippen LogP contribution in [0, 0.1) is 0 Å². The van der Waals surface area contributed by atoms with Gasteiger partial charge < -0.3 is 4.90 Å². The highest BCUT2D eigenvalue weighted by Crippen LogP contribution is 2.30. The van der Waals surface area contributed by atoms with Crippen molar-refractivity contribution in [2.45, 2.75) is 0 Å². The lowest BCUT2D eigenvalue weighted by Crippen LogP contribution is -2.16. The van der Waals surface area contributed by atoms with Gasteiger partial charge in [-0.2, -0.15) is 11.8 Å². The highest BCUT2D eigenvalue weighted by molar-refractivity contribution is 7.98. The van der Waals surface area contributed by atoms with Crippen LogP contribution >= 0.6 is 11.8 Å². The van der Waals surface area contributed by atoms with Crippen LogP contribution in [0.2, 0.25) is 0 Å². The molecule has 1 aromatic carbocycles. The summed E-state index contributed by atoms with van der Waals surface area (Å²) in [7, 11) is 0. The molecule has 1 aliphatic heterocycles. The standard InChI is InChI=1S/C17H15NO2S/c1-21-11-10-18-8-6-12(7-9-18)15-16(19)13-4-2-3-5-14(13)17(15)20/h2-9H,10-11H2,1H3. The van der Waals surface area contributed by atoms with Gasteiger partial charge in [0.1, 0.15) is 0 Å². The number of carbonyl (C=O) groups is 2. The Balaban J connectivity index is 1.91. The molecule has 0 aromatic heterocycles. The lowest BCUT2D eigenvalue weighted by atomic mass is 10.0. The molecular weight excluding hydrogens is 282 g/mol. The number of hydrogen-bond donors (Lipinski definition) is 0. The highest BCUT2D eigenvalue weighted by Gasteiger charge is 2.34. The number of carbonyl (C=O) groups excluding carboxylic acids is 2. The molecule has 0 fully saturated rings. The number of allylic oxidation sites excluding steroid dienone is 4. The fourth-order valence-corrected chi connectivity index (χ4v) is 2.88. The second-order valence-electron chi connectivity index (χ2n) is 4.90. The molecule has 106 valence electrons. The molecule has 0 amide bonds. The number of thioether (sulfide) groups is 1. The lowest BCUT2D eigenvalue weighted by molar-refractivity contribution is 0.0988. The van der Waals surface area contributed by atoms with Crippen molar-refractivity contribution >= 4 is 23.3 Å². The second-order valence-corrected chi connectivity index (χ2v) is 5.88. The van der Waals surface area contributed by atoms with E-state index in [2.05, 4.69) is 11.2 Å². The molecule has 0 radical (unpaired) electrons. The summed E-state index contributed by atoms with van der Waals surface area (Å²) in [6.07, 6.45) is 9.59. The summed E-state index contributed by atoms with van der Waals surface area (Å²) in [5, 5.41) is 0. The van der Waals surface area contributed by atoms with Crippen molar-refractivity contribution in [2.75, 3.05) is 18.6 Å². The van der Waals surface area contributed by atoms with E-state index >= 15 is 0 Å². The Bertz CT molecular complexity index is 647. The van der Waals surface area contributed by atoms with E-state index in [9.17, 15) is 9.59 Å². The third-order valence-electron chi connectivity index (χ3n) is 3.60. The van der Waals surface area contributed by atoms with Gasteiger partial charge >= 0.3 is 0 Å². The van der Waals surface area contributed by atoms with Crippen LogP contribution in [0.15, 0.2) is 60.0 Å². The molecule has 0 atom stereocenters. The van der Waals surface area contributed by atoms with Gasteiger partial charge in [0.15, 0.2) is 11.6 Å². The van der Waals surface area contributed by atoms with Gasteiger partial charge in [-0.05, 0) is 24.0 Å². The van der Waals surface area contributed by atoms with Crippen molar-refractivity contribution in [3.8, 4) is 0 Å². The van der Waals surface area contributed by atoms with E-state index in [0.717, 1.165) is 12.3 Å². The molecule has 0 unspecified atom stereocenters.